The highest BCUT2D eigenvalue weighted by molar-refractivity contribution is 7.90. The number of alkyl halides is 3. The fraction of sp³-hybridized carbons (Fsp3) is 0.375. The molecule has 0 radical (unpaired) electrons. The van der Waals surface area contributed by atoms with Gasteiger partial charge in [0, 0.05) is 12.2 Å². The van der Waals surface area contributed by atoms with E-state index in [-0.39, 0.29) is 16.6 Å². The highest BCUT2D eigenvalue weighted by Gasteiger charge is 2.38. The lowest BCUT2D eigenvalue weighted by molar-refractivity contribution is -0.144. The van der Waals surface area contributed by atoms with E-state index in [1.54, 1.807) is 0 Å². The molecule has 0 N–H and O–H groups in total. The summed E-state index contributed by atoms with van der Waals surface area (Å²) in [4.78, 5) is 3.80. The summed E-state index contributed by atoms with van der Waals surface area (Å²) >= 11 is 0. The van der Waals surface area contributed by atoms with Crippen molar-refractivity contribution in [3.05, 3.63) is 48.1 Å². The Kier molecular flexibility index (Phi) is 4.44. The highest BCUT2D eigenvalue weighted by Crippen LogP contribution is 2.32. The molecule has 9 heteroatoms. The van der Waals surface area contributed by atoms with Crippen LogP contribution < -0.4 is 0 Å². The van der Waals surface area contributed by atoms with Crippen LogP contribution in [0, 0.1) is 0 Å². The van der Waals surface area contributed by atoms with E-state index in [0.29, 0.717) is 12.1 Å². The van der Waals surface area contributed by atoms with Crippen LogP contribution in [0.25, 0.3) is 5.69 Å². The first-order chi connectivity index (χ1) is 11.7. The van der Waals surface area contributed by atoms with Gasteiger partial charge in [0.1, 0.15) is 5.82 Å². The van der Waals surface area contributed by atoms with Gasteiger partial charge in [-0.15, -0.1) is 5.10 Å². The van der Waals surface area contributed by atoms with Crippen molar-refractivity contribution in [1.82, 2.24) is 14.8 Å². The standard InChI is InChI=1S/C16H16F3N3O2S/c1-25(23,24)13-9-7-12(8-10-13)22-14(11-5-3-2-4-6-11)20-15(21-22)16(17,18)19/h3,5,7-11H,2,4,6H2,1H3. The summed E-state index contributed by atoms with van der Waals surface area (Å²) in [6.07, 6.45) is 2.63. The molecule has 1 heterocycles. The summed E-state index contributed by atoms with van der Waals surface area (Å²) in [5.74, 6) is -1.25. The van der Waals surface area contributed by atoms with Gasteiger partial charge in [-0.05, 0) is 43.5 Å². The lowest BCUT2D eigenvalue weighted by Gasteiger charge is -2.16. The number of aromatic nitrogens is 3. The predicted molar refractivity (Wildman–Crippen MR) is 85.2 cm³/mol. The SMILES string of the molecule is CS(=O)(=O)c1ccc(-n2nc(C(F)(F)F)nc2C2C=CCCC2)cc1. The molecular weight excluding hydrogens is 355 g/mol. The van der Waals surface area contributed by atoms with Crippen LogP contribution in [0.3, 0.4) is 0 Å². The largest absolute Gasteiger partial charge is 0.453 e. The molecular formula is C16H16F3N3O2S. The molecule has 1 aliphatic carbocycles. The van der Waals surface area contributed by atoms with Gasteiger partial charge in [-0.2, -0.15) is 13.2 Å². The van der Waals surface area contributed by atoms with Crippen molar-refractivity contribution in [2.24, 2.45) is 0 Å². The predicted octanol–water partition coefficient (Wildman–Crippen LogP) is 3.51. The molecule has 1 aromatic carbocycles. The molecule has 1 aromatic heterocycles. The molecule has 0 spiro atoms. The minimum Gasteiger partial charge on any atom is -0.224 e. The third-order valence-electron chi connectivity index (χ3n) is 3.98. The molecule has 0 amide bonds. The molecule has 3 rings (SSSR count). The third-order valence-corrected chi connectivity index (χ3v) is 5.11. The molecule has 134 valence electrons. The van der Waals surface area contributed by atoms with Crippen LogP contribution in [0.1, 0.15) is 36.8 Å². The Morgan fingerprint density at radius 3 is 2.40 bits per heavy atom. The Labute approximate surface area is 143 Å². The molecule has 1 atom stereocenters. The van der Waals surface area contributed by atoms with E-state index in [1.807, 2.05) is 12.2 Å². The molecule has 5 nitrogen and oxygen atoms in total. The maximum absolute atomic E-state index is 13.0. The van der Waals surface area contributed by atoms with Gasteiger partial charge in [0.25, 0.3) is 5.82 Å². The van der Waals surface area contributed by atoms with Crippen LogP contribution >= 0.6 is 0 Å². The first kappa shape index (κ1) is 17.7. The first-order valence-corrected chi connectivity index (χ1v) is 9.57. The van der Waals surface area contributed by atoms with Gasteiger partial charge in [0.2, 0.25) is 0 Å². The number of hydrogen-bond donors (Lipinski definition) is 0. The Bertz CT molecular complexity index is 900. The Morgan fingerprint density at radius 1 is 1.20 bits per heavy atom. The maximum Gasteiger partial charge on any atom is 0.453 e. The summed E-state index contributed by atoms with van der Waals surface area (Å²) in [6, 6.07) is 5.56. The van der Waals surface area contributed by atoms with Crippen LogP contribution in [0.2, 0.25) is 0 Å². The molecule has 2 aromatic rings. The van der Waals surface area contributed by atoms with Gasteiger partial charge in [-0.3, -0.25) is 0 Å². The first-order valence-electron chi connectivity index (χ1n) is 7.67. The molecule has 0 bridgehead atoms. The smallest absolute Gasteiger partial charge is 0.224 e. The molecule has 1 unspecified atom stereocenters. The molecule has 0 aliphatic heterocycles. The van der Waals surface area contributed by atoms with Crippen molar-refractivity contribution < 1.29 is 21.6 Å². The number of sulfone groups is 1. The van der Waals surface area contributed by atoms with Gasteiger partial charge < -0.3 is 0 Å². The van der Waals surface area contributed by atoms with Crippen molar-refractivity contribution in [3.63, 3.8) is 0 Å². The van der Waals surface area contributed by atoms with E-state index in [9.17, 15) is 21.6 Å². The highest BCUT2D eigenvalue weighted by atomic mass is 32.2. The fourth-order valence-corrected chi connectivity index (χ4v) is 3.37. The summed E-state index contributed by atoms with van der Waals surface area (Å²) in [5, 5.41) is 3.62. The average Bonchev–Trinajstić information content (AvgIpc) is 3.00. The van der Waals surface area contributed by atoms with E-state index in [1.165, 1.54) is 24.3 Å². The van der Waals surface area contributed by atoms with Crippen LogP contribution in [-0.2, 0) is 16.0 Å². The van der Waals surface area contributed by atoms with E-state index in [2.05, 4.69) is 10.1 Å². The quantitative estimate of drug-likeness (QED) is 0.775. The number of halogens is 3. The minimum absolute atomic E-state index is 0.0894. The number of rotatable bonds is 3. The molecule has 0 fully saturated rings. The summed E-state index contributed by atoms with van der Waals surface area (Å²) in [7, 11) is -3.39. The Balaban J connectivity index is 2.09. The topological polar surface area (TPSA) is 64.8 Å². The number of benzene rings is 1. The van der Waals surface area contributed by atoms with Crippen molar-refractivity contribution in [3.8, 4) is 5.69 Å². The zero-order valence-corrected chi connectivity index (χ0v) is 14.2. The van der Waals surface area contributed by atoms with Gasteiger partial charge in [0.15, 0.2) is 9.84 Å². The molecule has 0 saturated heterocycles. The zero-order chi connectivity index (χ0) is 18.2. The average molecular weight is 371 g/mol. The lowest BCUT2D eigenvalue weighted by Crippen LogP contribution is -2.09. The molecule has 1 aliphatic rings. The second-order valence-electron chi connectivity index (χ2n) is 5.93. The third kappa shape index (κ3) is 3.76. The Morgan fingerprint density at radius 2 is 1.88 bits per heavy atom. The lowest BCUT2D eigenvalue weighted by atomic mass is 9.95. The summed E-state index contributed by atoms with van der Waals surface area (Å²) < 4.78 is 63.4. The maximum atomic E-state index is 13.0. The van der Waals surface area contributed by atoms with Crippen LogP contribution in [0.15, 0.2) is 41.3 Å². The van der Waals surface area contributed by atoms with Crippen molar-refractivity contribution in [2.75, 3.05) is 6.26 Å². The van der Waals surface area contributed by atoms with Gasteiger partial charge in [-0.1, -0.05) is 12.2 Å². The second kappa shape index (κ2) is 6.29. The van der Waals surface area contributed by atoms with Gasteiger partial charge >= 0.3 is 6.18 Å². The zero-order valence-electron chi connectivity index (χ0n) is 13.4. The normalized spacial score (nSPS) is 18.5. The van der Waals surface area contributed by atoms with Crippen LogP contribution in [0.5, 0.6) is 0 Å². The van der Waals surface area contributed by atoms with Crippen molar-refractivity contribution >= 4 is 9.84 Å². The fourth-order valence-electron chi connectivity index (χ4n) is 2.74. The number of hydrogen-bond acceptors (Lipinski definition) is 4. The summed E-state index contributed by atoms with van der Waals surface area (Å²) in [6.45, 7) is 0. The number of allylic oxidation sites excluding steroid dienone is 2. The minimum atomic E-state index is -4.65. The van der Waals surface area contributed by atoms with Crippen LogP contribution in [-0.4, -0.2) is 29.4 Å². The van der Waals surface area contributed by atoms with Crippen molar-refractivity contribution in [1.29, 1.82) is 0 Å². The van der Waals surface area contributed by atoms with E-state index in [4.69, 9.17) is 0 Å². The second-order valence-corrected chi connectivity index (χ2v) is 7.95. The Hall–Kier alpha value is -2.16. The van der Waals surface area contributed by atoms with E-state index in [0.717, 1.165) is 23.8 Å². The number of nitrogens with zero attached hydrogens (tertiary/aromatic N) is 3. The van der Waals surface area contributed by atoms with Gasteiger partial charge in [-0.25, -0.2) is 18.1 Å². The van der Waals surface area contributed by atoms with E-state index < -0.39 is 21.8 Å². The van der Waals surface area contributed by atoms with Crippen molar-refractivity contribution in [2.45, 2.75) is 36.3 Å². The molecule has 25 heavy (non-hydrogen) atoms. The monoisotopic (exact) mass is 371 g/mol. The van der Waals surface area contributed by atoms with Gasteiger partial charge in [0.05, 0.1) is 10.6 Å². The van der Waals surface area contributed by atoms with E-state index >= 15 is 0 Å². The summed E-state index contributed by atoms with van der Waals surface area (Å²) in [5.41, 5.74) is 0.337. The molecule has 0 saturated carbocycles. The van der Waals surface area contributed by atoms with Crippen LogP contribution in [0.4, 0.5) is 13.2 Å².